The molecule has 1 N–H and O–H groups in total. The Morgan fingerprint density at radius 2 is 1.90 bits per heavy atom. The Kier molecular flexibility index (Phi) is 4.17. The van der Waals surface area contributed by atoms with Crippen molar-refractivity contribution in [3.63, 3.8) is 0 Å². The van der Waals surface area contributed by atoms with E-state index in [9.17, 15) is 13.2 Å². The number of anilines is 1. The second-order valence-electron chi connectivity index (χ2n) is 3.86. The number of benzene rings is 1. The van der Waals surface area contributed by atoms with E-state index in [0.717, 1.165) is 21.7 Å². The number of carboxylic acids is 1. The molecular formula is C12H10BrNO4S2. The lowest BCUT2D eigenvalue weighted by atomic mass is 10.3. The van der Waals surface area contributed by atoms with Gasteiger partial charge in [-0.3, -0.25) is 4.31 Å². The minimum absolute atomic E-state index is 0.0306. The zero-order valence-electron chi connectivity index (χ0n) is 10.3. The summed E-state index contributed by atoms with van der Waals surface area (Å²) in [5.74, 6) is -1.15. The van der Waals surface area contributed by atoms with Gasteiger partial charge in [-0.05, 0) is 34.1 Å². The molecule has 0 aliphatic rings. The highest BCUT2D eigenvalue weighted by molar-refractivity contribution is 9.11. The summed E-state index contributed by atoms with van der Waals surface area (Å²) in [6, 6.07) is 9.73. The minimum Gasteiger partial charge on any atom is -0.477 e. The van der Waals surface area contributed by atoms with Crippen molar-refractivity contribution in [3.8, 4) is 0 Å². The molecule has 0 saturated heterocycles. The van der Waals surface area contributed by atoms with Gasteiger partial charge in [-0.25, -0.2) is 13.2 Å². The Morgan fingerprint density at radius 3 is 2.40 bits per heavy atom. The number of hydrogen-bond acceptors (Lipinski definition) is 4. The van der Waals surface area contributed by atoms with Gasteiger partial charge in [0.1, 0.15) is 9.77 Å². The van der Waals surface area contributed by atoms with Crippen LogP contribution in [0.4, 0.5) is 5.69 Å². The van der Waals surface area contributed by atoms with Crippen molar-refractivity contribution in [2.45, 2.75) is 4.90 Å². The summed E-state index contributed by atoms with van der Waals surface area (Å²) >= 11 is 3.98. The van der Waals surface area contributed by atoms with Crippen LogP contribution in [-0.4, -0.2) is 26.5 Å². The van der Waals surface area contributed by atoms with Crippen LogP contribution < -0.4 is 4.31 Å². The maximum absolute atomic E-state index is 12.5. The monoisotopic (exact) mass is 375 g/mol. The molecule has 0 spiro atoms. The van der Waals surface area contributed by atoms with Crippen molar-refractivity contribution in [3.05, 3.63) is 45.1 Å². The average Bonchev–Trinajstić information content (AvgIpc) is 2.82. The number of carboxylic acid groups (broad SMARTS) is 1. The highest BCUT2D eigenvalue weighted by Crippen LogP contribution is 2.34. The van der Waals surface area contributed by atoms with Gasteiger partial charge >= 0.3 is 5.97 Å². The number of rotatable bonds is 4. The van der Waals surface area contributed by atoms with Crippen molar-refractivity contribution < 1.29 is 18.3 Å². The normalized spacial score (nSPS) is 11.3. The van der Waals surface area contributed by atoms with Crippen LogP contribution in [0.3, 0.4) is 0 Å². The Bertz CT molecular complexity index is 740. The van der Waals surface area contributed by atoms with E-state index in [1.807, 2.05) is 0 Å². The number of thiophene rings is 1. The van der Waals surface area contributed by atoms with Crippen LogP contribution in [0.15, 0.2) is 45.1 Å². The predicted molar refractivity (Wildman–Crippen MR) is 81.0 cm³/mol. The Labute approximate surface area is 128 Å². The third-order valence-electron chi connectivity index (χ3n) is 2.62. The van der Waals surface area contributed by atoms with Crippen molar-refractivity contribution >= 4 is 48.9 Å². The molecule has 5 nitrogen and oxygen atoms in total. The number of carbonyl (C=O) groups is 1. The standard InChI is InChI=1S/C12H10BrNO4S2/c1-14(8-5-3-2-4-6-8)20(17,18)10-7-9(12(15)16)19-11(10)13/h2-7H,1H3,(H,15,16). The first-order chi connectivity index (χ1) is 9.34. The third-order valence-corrected chi connectivity index (χ3v) is 6.65. The van der Waals surface area contributed by atoms with E-state index >= 15 is 0 Å². The van der Waals surface area contributed by atoms with E-state index < -0.39 is 16.0 Å². The van der Waals surface area contributed by atoms with Crippen LogP contribution in [0, 0.1) is 0 Å². The fourth-order valence-electron chi connectivity index (χ4n) is 1.56. The molecular weight excluding hydrogens is 366 g/mol. The minimum atomic E-state index is -3.80. The lowest BCUT2D eigenvalue weighted by Crippen LogP contribution is -2.26. The molecule has 1 heterocycles. The summed E-state index contributed by atoms with van der Waals surface area (Å²) < 4.78 is 26.4. The molecule has 2 aromatic rings. The molecule has 106 valence electrons. The lowest BCUT2D eigenvalue weighted by Gasteiger charge is -2.18. The lowest BCUT2D eigenvalue weighted by molar-refractivity contribution is 0.0702. The molecule has 0 fully saturated rings. The Morgan fingerprint density at radius 1 is 1.30 bits per heavy atom. The largest absolute Gasteiger partial charge is 0.477 e. The molecule has 8 heteroatoms. The molecule has 0 atom stereocenters. The summed E-state index contributed by atoms with van der Waals surface area (Å²) in [6.45, 7) is 0. The Hall–Kier alpha value is -1.38. The number of nitrogens with zero attached hydrogens (tertiary/aromatic N) is 1. The number of halogens is 1. The van der Waals surface area contributed by atoms with E-state index in [-0.39, 0.29) is 13.6 Å². The van der Waals surface area contributed by atoms with Crippen molar-refractivity contribution in [2.75, 3.05) is 11.4 Å². The average molecular weight is 376 g/mol. The van der Waals surface area contributed by atoms with Crippen LogP contribution >= 0.6 is 27.3 Å². The molecule has 0 saturated carbocycles. The van der Waals surface area contributed by atoms with Crippen molar-refractivity contribution in [1.82, 2.24) is 0 Å². The molecule has 0 radical (unpaired) electrons. The van der Waals surface area contributed by atoms with Gasteiger partial charge in [0.25, 0.3) is 10.0 Å². The first-order valence-electron chi connectivity index (χ1n) is 5.40. The summed E-state index contributed by atoms with van der Waals surface area (Å²) in [4.78, 5) is 10.8. The second-order valence-corrected chi connectivity index (χ2v) is 8.17. The van der Waals surface area contributed by atoms with Crippen LogP contribution in [0.1, 0.15) is 9.67 Å². The molecule has 0 aliphatic carbocycles. The van der Waals surface area contributed by atoms with E-state index in [4.69, 9.17) is 5.11 Å². The SMILES string of the molecule is CN(c1ccccc1)S(=O)(=O)c1cc(C(=O)O)sc1Br. The number of aromatic carboxylic acids is 1. The number of sulfonamides is 1. The molecule has 0 bridgehead atoms. The van der Waals surface area contributed by atoms with Gasteiger partial charge < -0.3 is 5.11 Å². The number of para-hydroxylation sites is 1. The van der Waals surface area contributed by atoms with Crippen LogP contribution in [0.5, 0.6) is 0 Å². The van der Waals surface area contributed by atoms with Crippen LogP contribution in [-0.2, 0) is 10.0 Å². The maximum Gasteiger partial charge on any atom is 0.345 e. The highest BCUT2D eigenvalue weighted by atomic mass is 79.9. The third kappa shape index (κ3) is 2.72. The van der Waals surface area contributed by atoms with Gasteiger partial charge in [0.05, 0.1) is 9.47 Å². The van der Waals surface area contributed by atoms with E-state index in [1.165, 1.54) is 7.05 Å². The fourth-order valence-corrected chi connectivity index (χ4v) is 5.10. The molecule has 1 aromatic carbocycles. The summed E-state index contributed by atoms with van der Waals surface area (Å²) in [7, 11) is -2.38. The second kappa shape index (κ2) is 5.55. The quantitative estimate of drug-likeness (QED) is 0.890. The van der Waals surface area contributed by atoms with E-state index in [1.54, 1.807) is 30.3 Å². The number of hydrogen-bond donors (Lipinski definition) is 1. The summed E-state index contributed by atoms with van der Waals surface area (Å²) in [5, 5.41) is 8.93. The first-order valence-corrected chi connectivity index (χ1v) is 8.45. The topological polar surface area (TPSA) is 74.7 Å². The molecule has 1 aromatic heterocycles. The highest BCUT2D eigenvalue weighted by Gasteiger charge is 2.27. The van der Waals surface area contributed by atoms with Gasteiger partial charge in [-0.2, -0.15) is 0 Å². The van der Waals surface area contributed by atoms with Gasteiger partial charge in [0.2, 0.25) is 0 Å². The predicted octanol–water partition coefficient (Wildman–Crippen LogP) is 3.03. The van der Waals surface area contributed by atoms with Gasteiger partial charge in [-0.1, -0.05) is 18.2 Å². The first kappa shape index (κ1) is 15.0. The van der Waals surface area contributed by atoms with Gasteiger partial charge in [0.15, 0.2) is 0 Å². The fraction of sp³-hybridized carbons (Fsp3) is 0.0833. The molecule has 2 rings (SSSR count). The van der Waals surface area contributed by atoms with E-state index in [2.05, 4.69) is 15.9 Å². The molecule has 0 aliphatic heterocycles. The maximum atomic E-state index is 12.5. The van der Waals surface area contributed by atoms with Crippen LogP contribution in [0.2, 0.25) is 0 Å². The zero-order valence-corrected chi connectivity index (χ0v) is 13.5. The summed E-state index contributed by atoms with van der Waals surface area (Å²) in [6.07, 6.45) is 0. The smallest absolute Gasteiger partial charge is 0.345 e. The Balaban J connectivity index is 2.48. The molecule has 0 amide bonds. The van der Waals surface area contributed by atoms with Gasteiger partial charge in [-0.15, -0.1) is 11.3 Å². The summed E-state index contributed by atoms with van der Waals surface area (Å²) in [5.41, 5.74) is 0.502. The molecule has 0 unspecified atom stereocenters. The van der Waals surface area contributed by atoms with E-state index in [0.29, 0.717) is 5.69 Å². The van der Waals surface area contributed by atoms with Crippen molar-refractivity contribution in [1.29, 1.82) is 0 Å². The van der Waals surface area contributed by atoms with Crippen LogP contribution in [0.25, 0.3) is 0 Å². The zero-order chi connectivity index (χ0) is 14.9. The molecule has 20 heavy (non-hydrogen) atoms. The van der Waals surface area contributed by atoms with Crippen molar-refractivity contribution in [2.24, 2.45) is 0 Å². The van der Waals surface area contributed by atoms with Gasteiger partial charge in [0, 0.05) is 7.05 Å².